The molecule has 1 saturated carbocycles. The van der Waals surface area contributed by atoms with Gasteiger partial charge in [0, 0.05) is 32.4 Å². The number of carboxylic acid groups (broad SMARTS) is 1. The third-order valence-electron chi connectivity index (χ3n) is 6.49. The molecule has 0 saturated heterocycles. The highest BCUT2D eigenvalue weighted by molar-refractivity contribution is 7.38. The fourth-order valence-electron chi connectivity index (χ4n) is 4.27. The molecule has 6 rings (SSSR count). The molecular weight excluding hydrogens is 544 g/mol. The van der Waals surface area contributed by atoms with Crippen molar-refractivity contribution in [2.45, 2.75) is 31.3 Å². The van der Waals surface area contributed by atoms with Crippen LogP contribution in [0.4, 0.5) is 10.5 Å². The zero-order chi connectivity index (χ0) is 26.4. The summed E-state index contributed by atoms with van der Waals surface area (Å²) >= 11 is 9.25. The van der Waals surface area contributed by atoms with E-state index in [0.29, 0.717) is 40.1 Å². The molecule has 4 heterocycles. The van der Waals surface area contributed by atoms with Gasteiger partial charge in [0.1, 0.15) is 17.2 Å². The van der Waals surface area contributed by atoms with E-state index in [9.17, 15) is 14.7 Å². The van der Waals surface area contributed by atoms with E-state index in [1.165, 1.54) is 22.7 Å². The molecule has 1 unspecified atom stereocenters. The Morgan fingerprint density at radius 1 is 1.21 bits per heavy atom. The average molecular weight is 563 g/mol. The van der Waals surface area contributed by atoms with Crippen molar-refractivity contribution < 1.29 is 23.8 Å². The van der Waals surface area contributed by atoms with E-state index < -0.39 is 23.6 Å². The van der Waals surface area contributed by atoms with Gasteiger partial charge in [-0.3, -0.25) is 15.1 Å². The zero-order valence-corrected chi connectivity index (χ0v) is 22.3. The second-order valence-corrected chi connectivity index (χ2v) is 11.7. The van der Waals surface area contributed by atoms with Gasteiger partial charge in [0.05, 0.1) is 15.1 Å². The van der Waals surface area contributed by atoms with Gasteiger partial charge in [0.15, 0.2) is 5.58 Å². The molecule has 0 spiro atoms. The number of carbonyl (C=O) groups excluding carboxylic acids is 1. The molecule has 1 amide bonds. The first-order valence-electron chi connectivity index (χ1n) is 11.7. The molecule has 7 nitrogen and oxygen atoms in total. The zero-order valence-electron chi connectivity index (χ0n) is 19.9. The molecule has 4 aromatic heterocycles. The summed E-state index contributed by atoms with van der Waals surface area (Å²) in [6.45, 7) is 1.74. The fraction of sp³-hybridized carbons (Fsp3) is 0.179. The molecule has 0 aliphatic heterocycles. The van der Waals surface area contributed by atoms with Crippen molar-refractivity contribution in [3.63, 3.8) is 0 Å². The number of aliphatic carboxylic acids is 1. The van der Waals surface area contributed by atoms with E-state index in [2.05, 4.69) is 22.1 Å². The van der Waals surface area contributed by atoms with Crippen molar-refractivity contribution >= 4 is 72.4 Å². The minimum Gasteiger partial charge on any atom is -0.481 e. The molecule has 2 N–H and O–H groups in total. The molecule has 1 aliphatic carbocycles. The molecule has 1 aromatic carbocycles. The molecule has 0 bridgehead atoms. The van der Waals surface area contributed by atoms with Crippen LogP contribution in [-0.2, 0) is 14.9 Å². The van der Waals surface area contributed by atoms with Crippen LogP contribution in [0.1, 0.15) is 46.9 Å². The molecule has 38 heavy (non-hydrogen) atoms. The van der Waals surface area contributed by atoms with E-state index in [1.807, 2.05) is 24.3 Å². The summed E-state index contributed by atoms with van der Waals surface area (Å²) in [6, 6.07) is 12.8. The predicted octanol–water partition coefficient (Wildman–Crippen LogP) is 7.58. The maximum atomic E-state index is 12.8. The Hall–Kier alpha value is -3.84. The van der Waals surface area contributed by atoms with Gasteiger partial charge in [0.2, 0.25) is 5.76 Å². The SMILES string of the molecule is CC(OC(=O)Nc1c(C#Cc2cc3cc(C4(C(=O)O)CC4)sc3s2)oc2cnccc12)c1ccccc1Cl. The summed E-state index contributed by atoms with van der Waals surface area (Å²) in [6.07, 6.45) is 3.28. The first kappa shape index (κ1) is 24.5. The lowest BCUT2D eigenvalue weighted by Crippen LogP contribution is -2.17. The van der Waals surface area contributed by atoms with Gasteiger partial charge < -0.3 is 14.3 Å². The molecule has 10 heteroatoms. The summed E-state index contributed by atoms with van der Waals surface area (Å²) in [5.74, 6) is 5.66. The van der Waals surface area contributed by atoms with Crippen LogP contribution in [0, 0.1) is 11.8 Å². The first-order chi connectivity index (χ1) is 18.3. The van der Waals surface area contributed by atoms with Crippen molar-refractivity contribution in [3.8, 4) is 11.8 Å². The number of nitrogens with one attached hydrogen (secondary N) is 1. The quantitative estimate of drug-likeness (QED) is 0.214. The van der Waals surface area contributed by atoms with Crippen molar-refractivity contribution in [1.82, 2.24) is 4.98 Å². The van der Waals surface area contributed by atoms with Gasteiger partial charge in [-0.1, -0.05) is 29.8 Å². The summed E-state index contributed by atoms with van der Waals surface area (Å²) in [4.78, 5) is 30.3. The van der Waals surface area contributed by atoms with Gasteiger partial charge in [-0.25, -0.2) is 4.79 Å². The minimum absolute atomic E-state index is 0.274. The molecule has 1 atom stereocenters. The Morgan fingerprint density at radius 2 is 2.03 bits per heavy atom. The van der Waals surface area contributed by atoms with Gasteiger partial charge in [0.25, 0.3) is 0 Å². The van der Waals surface area contributed by atoms with E-state index in [4.69, 9.17) is 20.8 Å². The van der Waals surface area contributed by atoms with Gasteiger partial charge in [-0.2, -0.15) is 0 Å². The Balaban J connectivity index is 1.26. The Labute approximate surface area is 230 Å². The van der Waals surface area contributed by atoms with E-state index in [-0.39, 0.29) is 5.76 Å². The molecule has 1 fully saturated rings. The third kappa shape index (κ3) is 4.41. The lowest BCUT2D eigenvalue weighted by molar-refractivity contribution is -0.139. The van der Waals surface area contributed by atoms with E-state index in [1.54, 1.807) is 37.5 Å². The number of rotatable bonds is 5. The minimum atomic E-state index is -0.759. The highest BCUT2D eigenvalue weighted by Gasteiger charge is 2.53. The number of carboxylic acids is 1. The number of furan rings is 1. The smallest absolute Gasteiger partial charge is 0.412 e. The summed E-state index contributed by atoms with van der Waals surface area (Å²) < 4.78 is 12.5. The monoisotopic (exact) mass is 562 g/mol. The maximum Gasteiger partial charge on any atom is 0.412 e. The maximum absolute atomic E-state index is 12.8. The molecule has 1 aliphatic rings. The van der Waals surface area contributed by atoms with Crippen LogP contribution in [0.25, 0.3) is 20.4 Å². The Bertz CT molecular complexity index is 1760. The number of fused-ring (bicyclic) bond motifs is 2. The number of aromatic nitrogens is 1. The summed E-state index contributed by atoms with van der Waals surface area (Å²) in [7, 11) is 0. The molecular formula is C28H19ClN2O5S2. The lowest BCUT2D eigenvalue weighted by atomic mass is 10.1. The summed E-state index contributed by atoms with van der Waals surface area (Å²) in [5.41, 5.74) is 0.855. The van der Waals surface area contributed by atoms with Gasteiger partial charge in [-0.15, -0.1) is 22.7 Å². The van der Waals surface area contributed by atoms with E-state index in [0.717, 1.165) is 19.2 Å². The van der Waals surface area contributed by atoms with Crippen LogP contribution < -0.4 is 5.32 Å². The highest BCUT2D eigenvalue weighted by Crippen LogP contribution is 2.52. The number of thiophene rings is 2. The number of nitrogens with zero attached hydrogens (tertiary/aromatic N) is 1. The Kier molecular flexibility index (Phi) is 6.11. The van der Waals surface area contributed by atoms with Gasteiger partial charge >= 0.3 is 12.1 Å². The van der Waals surface area contributed by atoms with Crippen molar-refractivity contribution in [2.75, 3.05) is 5.32 Å². The number of halogens is 1. The standard InChI is InChI=1S/C28H19ClN2O5S2/c1-15(18-4-2-3-5-20(18)29)35-27(34)31-24-19-8-11-30-14-22(19)36-21(24)7-6-17-12-16-13-23(38-25(16)37-17)28(9-10-28)26(32)33/h2-5,8,11-15H,9-10H2,1H3,(H,31,34)(H,32,33). The molecule has 0 radical (unpaired) electrons. The van der Waals surface area contributed by atoms with Crippen molar-refractivity contribution in [1.29, 1.82) is 0 Å². The largest absolute Gasteiger partial charge is 0.481 e. The number of hydrogen-bond donors (Lipinski definition) is 2. The third-order valence-corrected chi connectivity index (χ3v) is 9.35. The van der Waals surface area contributed by atoms with Crippen molar-refractivity contribution in [3.05, 3.63) is 81.0 Å². The average Bonchev–Trinajstić information content (AvgIpc) is 3.32. The van der Waals surface area contributed by atoms with Crippen LogP contribution in [-0.4, -0.2) is 22.2 Å². The number of ether oxygens (including phenoxy) is 1. The first-order valence-corrected chi connectivity index (χ1v) is 13.7. The number of benzene rings is 1. The van der Waals surface area contributed by atoms with Crippen LogP contribution in [0.5, 0.6) is 0 Å². The van der Waals surface area contributed by atoms with E-state index >= 15 is 0 Å². The van der Waals surface area contributed by atoms with Crippen molar-refractivity contribution in [2.24, 2.45) is 0 Å². The normalized spacial score (nSPS) is 14.6. The lowest BCUT2D eigenvalue weighted by Gasteiger charge is -2.15. The number of carbonyl (C=O) groups is 2. The second-order valence-electron chi connectivity index (χ2n) is 8.97. The Morgan fingerprint density at radius 3 is 2.76 bits per heavy atom. The van der Waals surface area contributed by atoms with Gasteiger partial charge in [-0.05, 0) is 55.9 Å². The van der Waals surface area contributed by atoms with Crippen LogP contribution >= 0.6 is 34.3 Å². The topological polar surface area (TPSA) is 102 Å². The fourth-order valence-corrected chi connectivity index (χ4v) is 7.10. The number of pyridine rings is 1. The second kappa shape index (κ2) is 9.48. The predicted molar refractivity (Wildman–Crippen MR) is 148 cm³/mol. The molecule has 5 aromatic rings. The highest BCUT2D eigenvalue weighted by atomic mass is 35.5. The summed E-state index contributed by atoms with van der Waals surface area (Å²) in [5, 5.41) is 14.5. The van der Waals surface area contributed by atoms with Crippen LogP contribution in [0.15, 0.2) is 59.3 Å². The number of amides is 1. The van der Waals surface area contributed by atoms with Crippen LogP contribution in [0.2, 0.25) is 5.02 Å². The number of hydrogen-bond acceptors (Lipinski definition) is 7. The molecule has 190 valence electrons. The number of anilines is 1. The van der Waals surface area contributed by atoms with Crippen LogP contribution in [0.3, 0.4) is 0 Å².